The molecule has 5 nitrogen and oxygen atoms in total. The lowest BCUT2D eigenvalue weighted by Crippen LogP contribution is -2.21. The summed E-state index contributed by atoms with van der Waals surface area (Å²) in [5, 5.41) is 2.81. The van der Waals surface area contributed by atoms with Crippen LogP contribution in [-0.4, -0.2) is 37.4 Å². The highest BCUT2D eigenvalue weighted by Gasteiger charge is 2.07. The van der Waals surface area contributed by atoms with Crippen molar-refractivity contribution in [3.05, 3.63) is 59.2 Å². The second-order valence-corrected chi connectivity index (χ2v) is 6.59. The molecule has 0 aliphatic heterocycles. The van der Waals surface area contributed by atoms with E-state index in [4.69, 9.17) is 4.74 Å². The van der Waals surface area contributed by atoms with Gasteiger partial charge in [-0.1, -0.05) is 29.8 Å². The molecule has 0 aromatic heterocycles. The highest BCUT2D eigenvalue weighted by atomic mass is 16.5. The summed E-state index contributed by atoms with van der Waals surface area (Å²) in [4.78, 5) is 25.3. The van der Waals surface area contributed by atoms with Gasteiger partial charge in [-0.2, -0.15) is 0 Å². The second-order valence-electron chi connectivity index (χ2n) is 6.59. The Kier molecular flexibility index (Phi) is 6.78. The normalized spacial score (nSPS) is 10.3. The Balaban J connectivity index is 1.82. The summed E-state index contributed by atoms with van der Waals surface area (Å²) < 4.78 is 5.58. The second kappa shape index (κ2) is 9.04. The fraction of sp³-hybridized carbons (Fsp3) is 0.333. The highest BCUT2D eigenvalue weighted by molar-refractivity contribution is 5.91. The quantitative estimate of drug-likeness (QED) is 0.830. The van der Waals surface area contributed by atoms with Crippen molar-refractivity contribution < 1.29 is 14.3 Å². The lowest BCUT2D eigenvalue weighted by molar-refractivity contribution is -0.128. The summed E-state index contributed by atoms with van der Waals surface area (Å²) >= 11 is 0. The summed E-state index contributed by atoms with van der Waals surface area (Å²) in [6, 6.07) is 13.4. The van der Waals surface area contributed by atoms with Crippen LogP contribution in [0.3, 0.4) is 0 Å². The van der Waals surface area contributed by atoms with E-state index in [1.165, 1.54) is 0 Å². The standard InChI is InChI=1S/C21H26N2O3/c1-15-5-11-19(16(2)13-15)26-14-20(24)22-18-9-6-17(7-10-18)8-12-21(25)23(3)4/h5-7,9-11,13H,8,12,14H2,1-4H3,(H,22,24). The van der Waals surface area contributed by atoms with Gasteiger partial charge < -0.3 is 15.0 Å². The van der Waals surface area contributed by atoms with Crippen LogP contribution >= 0.6 is 0 Å². The van der Waals surface area contributed by atoms with Crippen molar-refractivity contribution in [3.8, 4) is 5.75 Å². The number of rotatable bonds is 7. The predicted molar refractivity (Wildman–Crippen MR) is 103 cm³/mol. The van der Waals surface area contributed by atoms with Gasteiger partial charge in [0.1, 0.15) is 5.75 Å². The number of aryl methyl sites for hydroxylation is 3. The fourth-order valence-corrected chi connectivity index (χ4v) is 2.53. The predicted octanol–water partition coefficient (Wildman–Crippen LogP) is 3.34. The van der Waals surface area contributed by atoms with E-state index in [9.17, 15) is 9.59 Å². The number of hydrogen-bond donors (Lipinski definition) is 1. The summed E-state index contributed by atoms with van der Waals surface area (Å²) in [5.74, 6) is 0.609. The largest absolute Gasteiger partial charge is 0.483 e. The van der Waals surface area contributed by atoms with Crippen molar-refractivity contribution in [3.63, 3.8) is 0 Å². The number of nitrogens with one attached hydrogen (secondary N) is 1. The van der Waals surface area contributed by atoms with Crippen LogP contribution < -0.4 is 10.1 Å². The maximum Gasteiger partial charge on any atom is 0.262 e. The molecule has 0 aliphatic rings. The van der Waals surface area contributed by atoms with Crippen molar-refractivity contribution in [1.82, 2.24) is 4.90 Å². The maximum absolute atomic E-state index is 12.1. The van der Waals surface area contributed by atoms with Gasteiger partial charge in [0, 0.05) is 26.2 Å². The molecule has 0 saturated carbocycles. The lowest BCUT2D eigenvalue weighted by Gasteiger charge is -2.11. The Morgan fingerprint density at radius 3 is 2.35 bits per heavy atom. The van der Waals surface area contributed by atoms with Crippen molar-refractivity contribution in [1.29, 1.82) is 0 Å². The molecule has 1 N–H and O–H groups in total. The van der Waals surface area contributed by atoms with Crippen LogP contribution in [-0.2, 0) is 16.0 Å². The van der Waals surface area contributed by atoms with Crippen molar-refractivity contribution in [2.45, 2.75) is 26.7 Å². The number of carbonyl (C=O) groups excluding carboxylic acids is 2. The highest BCUT2D eigenvalue weighted by Crippen LogP contribution is 2.18. The number of nitrogens with zero attached hydrogens (tertiary/aromatic N) is 1. The smallest absolute Gasteiger partial charge is 0.262 e. The van der Waals surface area contributed by atoms with Gasteiger partial charge in [0.05, 0.1) is 0 Å². The van der Waals surface area contributed by atoms with Gasteiger partial charge in [0.2, 0.25) is 5.91 Å². The molecule has 0 radical (unpaired) electrons. The zero-order valence-electron chi connectivity index (χ0n) is 15.8. The molecule has 2 aromatic carbocycles. The average molecular weight is 354 g/mol. The van der Waals surface area contributed by atoms with E-state index in [0.29, 0.717) is 24.3 Å². The molecule has 0 heterocycles. The first kappa shape index (κ1) is 19.5. The molecule has 0 spiro atoms. The molecule has 0 saturated heterocycles. The number of anilines is 1. The average Bonchev–Trinajstić information content (AvgIpc) is 2.60. The molecular formula is C21H26N2O3. The minimum absolute atomic E-state index is 0.0387. The Morgan fingerprint density at radius 2 is 1.73 bits per heavy atom. The number of carbonyl (C=O) groups is 2. The molecule has 0 aliphatic carbocycles. The van der Waals surface area contributed by atoms with Gasteiger partial charge in [-0.15, -0.1) is 0 Å². The number of hydrogen-bond acceptors (Lipinski definition) is 3. The molecule has 0 atom stereocenters. The molecule has 5 heteroatoms. The van der Waals surface area contributed by atoms with Crippen LogP contribution in [0.25, 0.3) is 0 Å². The third-order valence-electron chi connectivity index (χ3n) is 4.05. The first-order valence-electron chi connectivity index (χ1n) is 8.64. The van der Waals surface area contributed by atoms with E-state index < -0.39 is 0 Å². The van der Waals surface area contributed by atoms with E-state index in [1.54, 1.807) is 19.0 Å². The SMILES string of the molecule is Cc1ccc(OCC(=O)Nc2ccc(CCC(=O)N(C)C)cc2)c(C)c1. The number of benzene rings is 2. The van der Waals surface area contributed by atoms with E-state index >= 15 is 0 Å². The van der Waals surface area contributed by atoms with Gasteiger partial charge in [-0.05, 0) is 49.6 Å². The van der Waals surface area contributed by atoms with Crippen LogP contribution in [0.2, 0.25) is 0 Å². The van der Waals surface area contributed by atoms with Gasteiger partial charge in [0.15, 0.2) is 6.61 Å². The fourth-order valence-electron chi connectivity index (χ4n) is 2.53. The summed E-state index contributed by atoms with van der Waals surface area (Å²) in [5.41, 5.74) is 3.94. The van der Waals surface area contributed by atoms with Gasteiger partial charge in [-0.25, -0.2) is 0 Å². The zero-order valence-corrected chi connectivity index (χ0v) is 15.8. The number of amides is 2. The first-order valence-corrected chi connectivity index (χ1v) is 8.64. The van der Waals surface area contributed by atoms with Crippen LogP contribution in [0.4, 0.5) is 5.69 Å². The van der Waals surface area contributed by atoms with Crippen molar-refractivity contribution in [2.75, 3.05) is 26.0 Å². The Labute approximate surface area is 155 Å². The van der Waals surface area contributed by atoms with Crippen molar-refractivity contribution in [2.24, 2.45) is 0 Å². The Hall–Kier alpha value is -2.82. The van der Waals surface area contributed by atoms with Crippen LogP contribution in [0.5, 0.6) is 5.75 Å². The zero-order chi connectivity index (χ0) is 19.1. The van der Waals surface area contributed by atoms with E-state index in [-0.39, 0.29) is 18.4 Å². The minimum Gasteiger partial charge on any atom is -0.483 e. The van der Waals surface area contributed by atoms with Gasteiger partial charge in [0.25, 0.3) is 5.91 Å². The lowest BCUT2D eigenvalue weighted by atomic mass is 10.1. The molecule has 0 unspecified atom stereocenters. The van der Waals surface area contributed by atoms with E-state index in [2.05, 4.69) is 5.32 Å². The number of ether oxygens (including phenoxy) is 1. The molecule has 0 fully saturated rings. The van der Waals surface area contributed by atoms with Gasteiger partial charge >= 0.3 is 0 Å². The first-order chi connectivity index (χ1) is 12.3. The molecule has 0 bridgehead atoms. The third-order valence-corrected chi connectivity index (χ3v) is 4.05. The Bertz CT molecular complexity index is 767. The molecule has 2 rings (SSSR count). The van der Waals surface area contributed by atoms with E-state index in [0.717, 1.165) is 16.7 Å². The Morgan fingerprint density at radius 1 is 1.04 bits per heavy atom. The third kappa shape index (κ3) is 5.92. The van der Waals surface area contributed by atoms with Crippen LogP contribution in [0, 0.1) is 13.8 Å². The van der Waals surface area contributed by atoms with E-state index in [1.807, 2.05) is 56.3 Å². The minimum atomic E-state index is -0.208. The monoisotopic (exact) mass is 354 g/mol. The van der Waals surface area contributed by atoms with Gasteiger partial charge in [-0.3, -0.25) is 9.59 Å². The molecule has 2 amide bonds. The van der Waals surface area contributed by atoms with Crippen LogP contribution in [0.15, 0.2) is 42.5 Å². The molecular weight excluding hydrogens is 328 g/mol. The topological polar surface area (TPSA) is 58.6 Å². The summed E-state index contributed by atoms with van der Waals surface area (Å²) in [6.45, 7) is 3.94. The maximum atomic E-state index is 12.1. The molecule has 2 aromatic rings. The molecule has 138 valence electrons. The summed E-state index contributed by atoms with van der Waals surface area (Å²) in [6.07, 6.45) is 1.16. The molecule has 26 heavy (non-hydrogen) atoms. The van der Waals surface area contributed by atoms with Crippen LogP contribution in [0.1, 0.15) is 23.1 Å². The van der Waals surface area contributed by atoms with Crippen molar-refractivity contribution >= 4 is 17.5 Å². The summed E-state index contributed by atoms with van der Waals surface area (Å²) in [7, 11) is 3.50.